The zero-order valence-corrected chi connectivity index (χ0v) is 25.1. The maximum Gasteiger partial charge on any atom is 0.319 e. The van der Waals surface area contributed by atoms with Crippen molar-refractivity contribution in [3.05, 3.63) is 40.4 Å². The van der Waals surface area contributed by atoms with Crippen molar-refractivity contribution in [3.8, 4) is 29.3 Å². The summed E-state index contributed by atoms with van der Waals surface area (Å²) in [6.07, 6.45) is 2.61. The van der Waals surface area contributed by atoms with E-state index in [2.05, 4.69) is 16.0 Å². The minimum atomic E-state index is -0.942. The lowest BCUT2D eigenvalue weighted by Gasteiger charge is -2.32. The highest BCUT2D eigenvalue weighted by Gasteiger charge is 2.49. The van der Waals surface area contributed by atoms with Gasteiger partial charge in [-0.3, -0.25) is 4.90 Å². The second kappa shape index (κ2) is 11.0. The van der Waals surface area contributed by atoms with Crippen LogP contribution in [-0.4, -0.2) is 59.4 Å². The van der Waals surface area contributed by atoms with Gasteiger partial charge in [-0.1, -0.05) is 17.7 Å². The molecule has 2 N–H and O–H groups in total. The highest BCUT2D eigenvalue weighted by molar-refractivity contribution is 7.23. The van der Waals surface area contributed by atoms with Crippen LogP contribution in [0.25, 0.3) is 32.1 Å². The summed E-state index contributed by atoms with van der Waals surface area (Å²) < 4.78 is 52.3. The van der Waals surface area contributed by atoms with Crippen LogP contribution in [0, 0.1) is 40.2 Å². The molecule has 3 saturated heterocycles. The topological polar surface area (TPSA) is 115 Å². The van der Waals surface area contributed by atoms with Crippen LogP contribution in [0.4, 0.5) is 24.0 Å². The van der Waals surface area contributed by atoms with E-state index >= 15 is 4.39 Å². The van der Waals surface area contributed by atoms with Crippen molar-refractivity contribution in [3.63, 3.8) is 0 Å². The van der Waals surface area contributed by atoms with Gasteiger partial charge in [0.05, 0.1) is 32.8 Å². The fraction of sp³-hybridized carbons (Fsp3) is 0.419. The Morgan fingerprint density at radius 2 is 2.02 bits per heavy atom. The Labute approximate surface area is 260 Å². The SMILES string of the molecule is N#Cc1c(N)sc2c(F)ccc(-c3c(Cl)cc4c(N5CCC[C@@H](C#N)C5)nc(OC[C@@]56CCCN5C[C@H](F)C6)nc4c3F)c12. The number of nitrogens with zero attached hydrogens (tertiary/aromatic N) is 6. The molecule has 0 radical (unpaired) electrons. The number of fused-ring (bicyclic) bond motifs is 3. The molecule has 0 saturated carbocycles. The maximum atomic E-state index is 16.8. The quantitative estimate of drug-likeness (QED) is 0.261. The molecule has 13 heteroatoms. The Hall–Kier alpha value is -3.84. The summed E-state index contributed by atoms with van der Waals surface area (Å²) in [5, 5.41) is 20.1. The number of hydrogen-bond donors (Lipinski definition) is 1. The van der Waals surface area contributed by atoms with Gasteiger partial charge in [-0.15, -0.1) is 11.3 Å². The third-order valence-corrected chi connectivity index (χ3v) is 10.5. The van der Waals surface area contributed by atoms with Gasteiger partial charge < -0.3 is 15.4 Å². The predicted molar refractivity (Wildman–Crippen MR) is 164 cm³/mol. The number of ether oxygens (including phenoxy) is 1. The molecule has 7 rings (SSSR count). The van der Waals surface area contributed by atoms with Crippen LogP contribution in [0.5, 0.6) is 6.01 Å². The molecule has 44 heavy (non-hydrogen) atoms. The van der Waals surface area contributed by atoms with Crippen LogP contribution in [0.3, 0.4) is 0 Å². The van der Waals surface area contributed by atoms with Crippen molar-refractivity contribution >= 4 is 54.7 Å². The predicted octanol–water partition coefficient (Wildman–Crippen LogP) is 6.59. The minimum Gasteiger partial charge on any atom is -0.461 e. The molecule has 2 aromatic carbocycles. The van der Waals surface area contributed by atoms with Crippen molar-refractivity contribution < 1.29 is 17.9 Å². The zero-order valence-electron chi connectivity index (χ0n) is 23.5. The average Bonchev–Trinajstić information content (AvgIpc) is 3.66. The van der Waals surface area contributed by atoms with Gasteiger partial charge >= 0.3 is 6.01 Å². The molecule has 3 aliphatic heterocycles. The summed E-state index contributed by atoms with van der Waals surface area (Å²) >= 11 is 7.68. The summed E-state index contributed by atoms with van der Waals surface area (Å²) in [6, 6.07) is 8.40. The molecular formula is C31H27ClF3N7OS. The Balaban J connectivity index is 1.40. The second-order valence-corrected chi connectivity index (χ2v) is 13.3. The standard InChI is InChI=1S/C31H27ClF3N7OS/c32-21-9-19-26(25(35)24(21)18-4-5-22(34)27-23(18)20(12-37)28(38)44-27)39-30(40-29(19)41-7-1-3-16(11-36)13-41)43-15-31-6-2-8-42(31)14-17(33)10-31/h4-5,9,16-17H,1-3,6-8,10,13-15,38H2/t16-,17+,31-/m0/s1. The normalized spacial score (nSPS) is 23.6. The number of nitriles is 2. The van der Waals surface area contributed by atoms with E-state index < -0.39 is 23.3 Å². The number of thiophene rings is 1. The lowest BCUT2D eigenvalue weighted by atomic mass is 9.95. The molecule has 0 bridgehead atoms. The summed E-state index contributed by atoms with van der Waals surface area (Å²) in [7, 11) is 0. The van der Waals surface area contributed by atoms with E-state index in [0.29, 0.717) is 37.3 Å². The first kappa shape index (κ1) is 28.9. The number of alkyl halides is 1. The fourth-order valence-corrected chi connectivity index (χ4v) is 8.39. The molecule has 0 unspecified atom stereocenters. The highest BCUT2D eigenvalue weighted by atomic mass is 35.5. The van der Waals surface area contributed by atoms with Gasteiger partial charge in [-0.25, -0.2) is 13.2 Å². The number of aromatic nitrogens is 2. The molecule has 0 aliphatic carbocycles. The maximum absolute atomic E-state index is 16.8. The van der Waals surface area contributed by atoms with Crippen molar-refractivity contribution in [2.45, 2.75) is 43.8 Å². The number of hydrogen-bond acceptors (Lipinski definition) is 9. The molecule has 0 spiro atoms. The van der Waals surface area contributed by atoms with Gasteiger partial charge in [-0.2, -0.15) is 20.5 Å². The lowest BCUT2D eigenvalue weighted by Crippen LogP contribution is -2.43. The van der Waals surface area contributed by atoms with E-state index in [9.17, 15) is 19.3 Å². The van der Waals surface area contributed by atoms with E-state index in [1.54, 1.807) is 6.07 Å². The van der Waals surface area contributed by atoms with Crippen LogP contribution in [0.2, 0.25) is 5.02 Å². The van der Waals surface area contributed by atoms with E-state index in [0.717, 1.165) is 43.6 Å². The number of benzene rings is 2. The second-order valence-electron chi connectivity index (χ2n) is 11.8. The van der Waals surface area contributed by atoms with Crippen molar-refractivity contribution in [2.75, 3.05) is 43.4 Å². The number of nitrogens with two attached hydrogens (primary N) is 1. The van der Waals surface area contributed by atoms with Crippen LogP contribution < -0.4 is 15.4 Å². The largest absolute Gasteiger partial charge is 0.461 e. The molecule has 8 nitrogen and oxygen atoms in total. The average molecular weight is 638 g/mol. The first-order valence-corrected chi connectivity index (χ1v) is 15.7. The molecular weight excluding hydrogens is 611 g/mol. The Bertz CT molecular complexity index is 1910. The van der Waals surface area contributed by atoms with Crippen molar-refractivity contribution in [2.24, 2.45) is 5.92 Å². The smallest absolute Gasteiger partial charge is 0.319 e. The fourth-order valence-electron chi connectivity index (χ4n) is 7.14. The molecule has 3 atom stereocenters. The molecule has 0 amide bonds. The monoisotopic (exact) mass is 637 g/mol. The lowest BCUT2D eigenvalue weighted by molar-refractivity contribution is 0.107. The summed E-state index contributed by atoms with van der Waals surface area (Å²) in [4.78, 5) is 13.2. The number of piperidine rings is 1. The zero-order chi connectivity index (χ0) is 30.7. The number of anilines is 2. The van der Waals surface area contributed by atoms with Crippen LogP contribution in [0.15, 0.2) is 18.2 Å². The molecule has 3 fully saturated rings. The minimum absolute atomic E-state index is 0.0179. The molecule has 5 heterocycles. The van der Waals surface area contributed by atoms with Gasteiger partial charge in [0.2, 0.25) is 0 Å². The number of nitrogen functional groups attached to an aromatic ring is 1. The third-order valence-electron chi connectivity index (χ3n) is 9.18. The van der Waals surface area contributed by atoms with E-state index in [-0.39, 0.29) is 60.9 Å². The Kier molecular flexibility index (Phi) is 7.19. The van der Waals surface area contributed by atoms with Crippen LogP contribution in [-0.2, 0) is 0 Å². The summed E-state index contributed by atoms with van der Waals surface area (Å²) in [5.41, 5.74) is 5.69. The van der Waals surface area contributed by atoms with E-state index in [1.807, 2.05) is 11.0 Å². The van der Waals surface area contributed by atoms with Gasteiger partial charge in [0.15, 0.2) is 5.82 Å². The Morgan fingerprint density at radius 3 is 2.82 bits per heavy atom. The van der Waals surface area contributed by atoms with Gasteiger partial charge in [0.1, 0.15) is 41.0 Å². The molecule has 3 aliphatic rings. The molecule has 4 aromatic rings. The summed E-state index contributed by atoms with van der Waals surface area (Å²) in [6.45, 7) is 2.28. The van der Waals surface area contributed by atoms with E-state index in [1.165, 1.54) is 12.1 Å². The van der Waals surface area contributed by atoms with E-state index in [4.69, 9.17) is 27.1 Å². The summed E-state index contributed by atoms with van der Waals surface area (Å²) in [5.74, 6) is -1.22. The first-order valence-electron chi connectivity index (χ1n) is 14.5. The van der Waals surface area contributed by atoms with Gasteiger partial charge in [0, 0.05) is 42.4 Å². The molecule has 2 aromatic heterocycles. The van der Waals surface area contributed by atoms with Crippen LogP contribution >= 0.6 is 22.9 Å². The molecule has 226 valence electrons. The highest BCUT2D eigenvalue weighted by Crippen LogP contribution is 2.46. The van der Waals surface area contributed by atoms with Gasteiger partial charge in [0.25, 0.3) is 0 Å². The Morgan fingerprint density at radius 1 is 1.18 bits per heavy atom. The van der Waals surface area contributed by atoms with Gasteiger partial charge in [-0.05, 0) is 49.9 Å². The van der Waals surface area contributed by atoms with Crippen molar-refractivity contribution in [1.29, 1.82) is 10.5 Å². The van der Waals surface area contributed by atoms with Crippen molar-refractivity contribution in [1.82, 2.24) is 14.9 Å². The third kappa shape index (κ3) is 4.59. The first-order chi connectivity index (χ1) is 21.2. The number of halogens is 4. The number of rotatable bonds is 5. The van der Waals surface area contributed by atoms with Crippen LogP contribution in [0.1, 0.15) is 37.7 Å².